The molecular weight excluding hydrogens is 364 g/mol. The molecule has 0 saturated heterocycles. The molecule has 27 heavy (non-hydrogen) atoms. The second-order valence-corrected chi connectivity index (χ2v) is 6.76. The van der Waals surface area contributed by atoms with Crippen LogP contribution < -0.4 is 19.5 Å². The molecule has 7 heteroatoms. The molecule has 6 nitrogen and oxygen atoms in total. The first kappa shape index (κ1) is 19.0. The van der Waals surface area contributed by atoms with Crippen molar-refractivity contribution < 1.29 is 19.0 Å². The first-order chi connectivity index (χ1) is 13.2. The van der Waals surface area contributed by atoms with Crippen LogP contribution in [0.3, 0.4) is 0 Å². The fourth-order valence-corrected chi connectivity index (χ4v) is 3.44. The molecule has 2 aromatic carbocycles. The third-order valence-corrected chi connectivity index (χ3v) is 4.73. The topological polar surface area (TPSA) is 69.7 Å². The van der Waals surface area contributed by atoms with E-state index in [-0.39, 0.29) is 5.91 Å². The van der Waals surface area contributed by atoms with Crippen molar-refractivity contribution >= 4 is 32.6 Å². The highest BCUT2D eigenvalue weighted by molar-refractivity contribution is 7.22. The number of fused-ring (bicyclic) bond motifs is 1. The van der Waals surface area contributed by atoms with Gasteiger partial charge in [0.2, 0.25) is 5.91 Å². The van der Waals surface area contributed by atoms with E-state index < -0.39 is 0 Å². The van der Waals surface area contributed by atoms with Gasteiger partial charge in [0.1, 0.15) is 5.75 Å². The highest BCUT2D eigenvalue weighted by Crippen LogP contribution is 2.29. The largest absolute Gasteiger partial charge is 0.497 e. The number of rotatable bonds is 9. The van der Waals surface area contributed by atoms with Crippen LogP contribution in [0.4, 0.5) is 5.13 Å². The number of hydrogen-bond acceptors (Lipinski definition) is 6. The first-order valence-electron chi connectivity index (χ1n) is 8.78. The number of nitrogens with zero attached hydrogens (tertiary/aromatic N) is 1. The fourth-order valence-electron chi connectivity index (χ4n) is 2.53. The number of carbonyl (C=O) groups is 1. The molecule has 1 N–H and O–H groups in total. The number of hydrogen-bond donors (Lipinski definition) is 1. The highest BCUT2D eigenvalue weighted by Gasteiger charge is 2.09. The molecule has 0 aliphatic carbocycles. The van der Waals surface area contributed by atoms with E-state index in [9.17, 15) is 4.79 Å². The van der Waals surface area contributed by atoms with Gasteiger partial charge >= 0.3 is 0 Å². The molecule has 0 radical (unpaired) electrons. The van der Waals surface area contributed by atoms with E-state index in [0.29, 0.717) is 42.7 Å². The summed E-state index contributed by atoms with van der Waals surface area (Å²) in [6.45, 7) is 2.95. The van der Waals surface area contributed by atoms with Gasteiger partial charge in [-0.2, -0.15) is 0 Å². The van der Waals surface area contributed by atoms with Crippen molar-refractivity contribution in [2.45, 2.75) is 19.8 Å². The van der Waals surface area contributed by atoms with Crippen LogP contribution in [-0.4, -0.2) is 31.2 Å². The maximum Gasteiger partial charge on any atom is 0.226 e. The Morgan fingerprint density at radius 2 is 1.93 bits per heavy atom. The Kier molecular flexibility index (Phi) is 6.49. The van der Waals surface area contributed by atoms with Crippen LogP contribution >= 0.6 is 11.3 Å². The number of benzene rings is 2. The molecule has 0 aliphatic rings. The molecule has 0 aliphatic heterocycles. The summed E-state index contributed by atoms with van der Waals surface area (Å²) < 4.78 is 17.4. The zero-order valence-electron chi connectivity index (χ0n) is 15.4. The summed E-state index contributed by atoms with van der Waals surface area (Å²) in [5.74, 6) is 2.10. The van der Waals surface area contributed by atoms with Gasteiger partial charge in [0.15, 0.2) is 16.6 Å². The summed E-state index contributed by atoms with van der Waals surface area (Å²) in [6, 6.07) is 13.2. The van der Waals surface area contributed by atoms with Gasteiger partial charge in [-0.3, -0.25) is 4.79 Å². The molecule has 0 spiro atoms. The lowest BCUT2D eigenvalue weighted by molar-refractivity contribution is -0.116. The Hall–Kier alpha value is -2.80. The van der Waals surface area contributed by atoms with Crippen molar-refractivity contribution in [3.05, 3.63) is 42.5 Å². The standard InChI is InChI=1S/C20H22N2O4S/c1-3-25-16-7-4-5-8-17(16)26-12-6-9-19(23)22-20-21-15-11-10-14(24-2)13-18(15)27-20/h4-5,7-8,10-11,13H,3,6,9,12H2,1-2H3,(H,21,22,23). The summed E-state index contributed by atoms with van der Waals surface area (Å²) in [7, 11) is 1.62. The summed E-state index contributed by atoms with van der Waals surface area (Å²) in [4.78, 5) is 16.6. The molecule has 3 rings (SSSR count). The van der Waals surface area contributed by atoms with Crippen LogP contribution in [0.2, 0.25) is 0 Å². The Balaban J connectivity index is 1.47. The van der Waals surface area contributed by atoms with E-state index in [1.165, 1.54) is 11.3 Å². The summed E-state index contributed by atoms with van der Waals surface area (Å²) >= 11 is 1.43. The number of aromatic nitrogens is 1. The van der Waals surface area contributed by atoms with E-state index >= 15 is 0 Å². The molecule has 0 atom stereocenters. The predicted molar refractivity (Wildman–Crippen MR) is 107 cm³/mol. The zero-order chi connectivity index (χ0) is 19.1. The minimum atomic E-state index is -0.0808. The third-order valence-electron chi connectivity index (χ3n) is 3.80. The van der Waals surface area contributed by atoms with Gasteiger partial charge in [-0.15, -0.1) is 0 Å². The molecule has 0 saturated carbocycles. The monoisotopic (exact) mass is 386 g/mol. The number of thiazole rings is 1. The number of para-hydroxylation sites is 2. The quantitative estimate of drug-likeness (QED) is 0.548. The SMILES string of the molecule is CCOc1ccccc1OCCCC(=O)Nc1nc2ccc(OC)cc2s1. The van der Waals surface area contributed by atoms with E-state index in [1.807, 2.05) is 49.4 Å². The first-order valence-corrected chi connectivity index (χ1v) is 9.60. The maximum atomic E-state index is 12.1. The lowest BCUT2D eigenvalue weighted by atomic mass is 10.3. The minimum absolute atomic E-state index is 0.0808. The molecule has 1 aromatic heterocycles. The van der Waals surface area contributed by atoms with Gasteiger partial charge in [0, 0.05) is 6.42 Å². The second kappa shape index (κ2) is 9.23. The second-order valence-electron chi connectivity index (χ2n) is 5.73. The van der Waals surface area contributed by atoms with Gasteiger partial charge in [-0.25, -0.2) is 4.98 Å². The van der Waals surface area contributed by atoms with Crippen molar-refractivity contribution in [1.82, 2.24) is 4.98 Å². The summed E-state index contributed by atoms with van der Waals surface area (Å²) in [5.41, 5.74) is 0.840. The molecule has 0 fully saturated rings. The molecule has 0 unspecified atom stereocenters. The van der Waals surface area contributed by atoms with E-state index in [1.54, 1.807) is 7.11 Å². The number of amides is 1. The van der Waals surface area contributed by atoms with Gasteiger partial charge in [-0.05, 0) is 43.7 Å². The molecule has 1 amide bonds. The molecule has 0 bridgehead atoms. The smallest absolute Gasteiger partial charge is 0.226 e. The Labute approximate surface area is 162 Å². The van der Waals surface area contributed by atoms with Crippen molar-refractivity contribution in [3.8, 4) is 17.2 Å². The number of anilines is 1. The Morgan fingerprint density at radius 3 is 2.67 bits per heavy atom. The van der Waals surface area contributed by atoms with Gasteiger partial charge < -0.3 is 19.5 Å². The molecule has 142 valence electrons. The third kappa shape index (κ3) is 5.10. The maximum absolute atomic E-state index is 12.1. The van der Waals surface area contributed by atoms with Crippen LogP contribution in [0.1, 0.15) is 19.8 Å². The zero-order valence-corrected chi connectivity index (χ0v) is 16.2. The van der Waals surface area contributed by atoms with Gasteiger partial charge in [-0.1, -0.05) is 23.5 Å². The summed E-state index contributed by atoms with van der Waals surface area (Å²) in [5, 5.41) is 3.44. The molecule has 1 heterocycles. The number of ether oxygens (including phenoxy) is 3. The average Bonchev–Trinajstić information content (AvgIpc) is 3.07. The van der Waals surface area contributed by atoms with Crippen LogP contribution in [0.15, 0.2) is 42.5 Å². The lowest BCUT2D eigenvalue weighted by Gasteiger charge is -2.11. The Bertz CT molecular complexity index is 910. The van der Waals surface area contributed by atoms with Crippen LogP contribution in [0.25, 0.3) is 10.2 Å². The minimum Gasteiger partial charge on any atom is -0.497 e. The molecular formula is C20H22N2O4S. The van der Waals surface area contributed by atoms with Crippen LogP contribution in [0.5, 0.6) is 17.2 Å². The Morgan fingerprint density at radius 1 is 1.15 bits per heavy atom. The van der Waals surface area contributed by atoms with Crippen LogP contribution in [-0.2, 0) is 4.79 Å². The average molecular weight is 386 g/mol. The van der Waals surface area contributed by atoms with E-state index in [2.05, 4.69) is 10.3 Å². The number of nitrogens with one attached hydrogen (secondary N) is 1. The predicted octanol–water partition coefficient (Wildman–Crippen LogP) is 4.50. The lowest BCUT2D eigenvalue weighted by Crippen LogP contribution is -2.12. The van der Waals surface area contributed by atoms with E-state index in [0.717, 1.165) is 16.0 Å². The van der Waals surface area contributed by atoms with Crippen molar-refractivity contribution in [2.24, 2.45) is 0 Å². The number of carbonyl (C=O) groups excluding carboxylic acids is 1. The van der Waals surface area contributed by atoms with E-state index in [4.69, 9.17) is 14.2 Å². The van der Waals surface area contributed by atoms with Crippen molar-refractivity contribution in [1.29, 1.82) is 0 Å². The van der Waals surface area contributed by atoms with Gasteiger partial charge in [0.05, 0.1) is 30.5 Å². The normalized spacial score (nSPS) is 10.6. The highest BCUT2D eigenvalue weighted by atomic mass is 32.1. The fraction of sp³-hybridized carbons (Fsp3) is 0.300. The summed E-state index contributed by atoms with van der Waals surface area (Å²) in [6.07, 6.45) is 0.959. The van der Waals surface area contributed by atoms with Crippen LogP contribution in [0, 0.1) is 0 Å². The van der Waals surface area contributed by atoms with Gasteiger partial charge in [0.25, 0.3) is 0 Å². The molecule has 3 aromatic rings. The van der Waals surface area contributed by atoms with Crippen molar-refractivity contribution in [3.63, 3.8) is 0 Å². The number of methoxy groups -OCH3 is 1. The van der Waals surface area contributed by atoms with Crippen molar-refractivity contribution in [2.75, 3.05) is 25.6 Å².